The predicted octanol–water partition coefficient (Wildman–Crippen LogP) is 5.51. The van der Waals surface area contributed by atoms with Gasteiger partial charge in [0.05, 0.1) is 17.0 Å². The zero-order valence-corrected chi connectivity index (χ0v) is 16.6. The van der Waals surface area contributed by atoms with Gasteiger partial charge in [-0.25, -0.2) is 0 Å². The van der Waals surface area contributed by atoms with E-state index in [9.17, 15) is 4.79 Å². The fourth-order valence-corrected chi connectivity index (χ4v) is 3.16. The quantitative estimate of drug-likeness (QED) is 0.636. The lowest BCUT2D eigenvalue weighted by Crippen LogP contribution is -2.21. The second kappa shape index (κ2) is 8.32. The van der Waals surface area contributed by atoms with Gasteiger partial charge in [-0.1, -0.05) is 54.4 Å². The van der Waals surface area contributed by atoms with E-state index in [1.54, 1.807) is 6.20 Å². The molecule has 2 aromatic carbocycles. The molecule has 0 saturated carbocycles. The van der Waals surface area contributed by atoms with Crippen molar-refractivity contribution < 1.29 is 4.79 Å². The lowest BCUT2D eigenvalue weighted by molar-refractivity contribution is -0.114. The highest BCUT2D eigenvalue weighted by atomic mass is 79.9. The number of para-hydroxylation sites is 1. The molecule has 1 aliphatic heterocycles. The summed E-state index contributed by atoms with van der Waals surface area (Å²) in [7, 11) is 0. The third-order valence-corrected chi connectivity index (χ3v) is 4.81. The van der Waals surface area contributed by atoms with Gasteiger partial charge in [-0.2, -0.15) is 10.1 Å². The zero-order valence-electron chi connectivity index (χ0n) is 15.0. The average Bonchev–Trinajstić information content (AvgIpc) is 2.97. The van der Waals surface area contributed by atoms with E-state index in [0.29, 0.717) is 5.57 Å². The third kappa shape index (κ3) is 3.88. The summed E-state index contributed by atoms with van der Waals surface area (Å²) in [6.45, 7) is 4.21. The van der Waals surface area contributed by atoms with Crippen molar-refractivity contribution in [2.45, 2.75) is 33.1 Å². The van der Waals surface area contributed by atoms with Crippen LogP contribution in [-0.4, -0.2) is 11.6 Å². The highest BCUT2D eigenvalue weighted by Gasteiger charge is 2.30. The van der Waals surface area contributed by atoms with Crippen LogP contribution in [-0.2, 0) is 11.2 Å². The number of benzene rings is 2. The summed E-state index contributed by atoms with van der Waals surface area (Å²) in [6, 6.07) is 15.7. The normalized spacial score (nSPS) is 15.5. The van der Waals surface area contributed by atoms with Crippen LogP contribution in [0.25, 0.3) is 0 Å². The molecule has 1 heterocycles. The maximum atomic E-state index is 12.9. The van der Waals surface area contributed by atoms with Crippen molar-refractivity contribution >= 4 is 38.9 Å². The number of halogens is 1. The Hall–Kier alpha value is -2.40. The molecule has 1 N–H and O–H groups in total. The van der Waals surface area contributed by atoms with E-state index >= 15 is 0 Å². The molecule has 0 radical (unpaired) electrons. The molecule has 5 heteroatoms. The number of hydrazone groups is 1. The Balaban J connectivity index is 1.89. The van der Waals surface area contributed by atoms with E-state index < -0.39 is 0 Å². The molecule has 1 amide bonds. The fourth-order valence-electron chi connectivity index (χ4n) is 2.90. The van der Waals surface area contributed by atoms with E-state index in [2.05, 4.69) is 46.3 Å². The Morgan fingerprint density at radius 3 is 2.54 bits per heavy atom. The monoisotopic (exact) mass is 411 g/mol. The summed E-state index contributed by atoms with van der Waals surface area (Å²) in [5.74, 6) is -0.0998. The number of hydrogen-bond acceptors (Lipinski definition) is 3. The van der Waals surface area contributed by atoms with Gasteiger partial charge in [0.2, 0.25) is 0 Å². The first-order valence-corrected chi connectivity index (χ1v) is 9.65. The maximum absolute atomic E-state index is 12.9. The molecule has 0 bridgehead atoms. The molecule has 0 spiro atoms. The molecule has 1 aliphatic rings. The molecule has 2 aromatic rings. The van der Waals surface area contributed by atoms with Crippen molar-refractivity contribution in [3.05, 3.63) is 70.3 Å². The molecule has 0 saturated heterocycles. The summed E-state index contributed by atoms with van der Waals surface area (Å²) in [5, 5.41) is 9.36. The molecule has 0 aromatic heterocycles. The lowest BCUT2D eigenvalue weighted by atomic mass is 10.1. The van der Waals surface area contributed by atoms with E-state index in [1.807, 2.05) is 42.5 Å². The van der Waals surface area contributed by atoms with Gasteiger partial charge in [-0.05, 0) is 48.7 Å². The van der Waals surface area contributed by atoms with Crippen molar-refractivity contribution in [3.8, 4) is 0 Å². The van der Waals surface area contributed by atoms with Crippen molar-refractivity contribution in [3.63, 3.8) is 0 Å². The number of carbonyl (C=O) groups is 1. The first kappa shape index (κ1) is 18.4. The van der Waals surface area contributed by atoms with Crippen LogP contribution in [0.3, 0.4) is 0 Å². The molecule has 134 valence electrons. The molecule has 0 atom stereocenters. The number of nitrogens with zero attached hydrogens (tertiary/aromatic N) is 2. The Bertz CT molecular complexity index is 856. The average molecular weight is 412 g/mol. The van der Waals surface area contributed by atoms with E-state index in [4.69, 9.17) is 0 Å². The topological polar surface area (TPSA) is 44.7 Å². The Morgan fingerprint density at radius 2 is 1.85 bits per heavy atom. The minimum atomic E-state index is -0.0998. The van der Waals surface area contributed by atoms with Crippen molar-refractivity contribution in [2.75, 3.05) is 10.3 Å². The summed E-state index contributed by atoms with van der Waals surface area (Å²) in [4.78, 5) is 12.9. The molecule has 0 aliphatic carbocycles. The Morgan fingerprint density at radius 1 is 1.12 bits per heavy atom. The van der Waals surface area contributed by atoms with Crippen LogP contribution >= 0.6 is 15.9 Å². The predicted molar refractivity (Wildman–Crippen MR) is 111 cm³/mol. The number of aryl methyl sites for hydroxylation is 1. The first-order chi connectivity index (χ1) is 12.6. The molecule has 3 rings (SSSR count). The molecule has 26 heavy (non-hydrogen) atoms. The smallest absolute Gasteiger partial charge is 0.282 e. The highest BCUT2D eigenvalue weighted by molar-refractivity contribution is 9.10. The standard InChI is InChI=1S/C21H22BrN3O/c1-3-7-20-18(14-23-19-9-6-5-8-15(19)4-2)21(26)25(24-20)17-12-10-16(22)11-13-17/h5-6,8-14,23H,3-4,7H2,1-2H3. The number of carbonyl (C=O) groups excluding carboxylic acids is 1. The molecule has 0 fully saturated rings. The molecular formula is C21H22BrN3O. The number of anilines is 2. The number of amides is 1. The SMILES string of the molecule is CCCC1=NN(c2ccc(Br)cc2)C(=O)C1=CNc1ccccc1CC. The lowest BCUT2D eigenvalue weighted by Gasteiger charge is -2.12. The van der Waals surface area contributed by atoms with Crippen molar-refractivity contribution in [1.82, 2.24) is 0 Å². The van der Waals surface area contributed by atoms with Crippen LogP contribution in [0.1, 0.15) is 32.3 Å². The summed E-state index contributed by atoms with van der Waals surface area (Å²) < 4.78 is 0.972. The summed E-state index contributed by atoms with van der Waals surface area (Å²) >= 11 is 3.42. The molecule has 4 nitrogen and oxygen atoms in total. The van der Waals surface area contributed by atoms with Gasteiger partial charge in [0.25, 0.3) is 5.91 Å². The van der Waals surface area contributed by atoms with Gasteiger partial charge < -0.3 is 5.32 Å². The van der Waals surface area contributed by atoms with Crippen LogP contribution in [0.2, 0.25) is 0 Å². The van der Waals surface area contributed by atoms with E-state index in [-0.39, 0.29) is 5.91 Å². The minimum absolute atomic E-state index is 0.0998. The summed E-state index contributed by atoms with van der Waals surface area (Å²) in [5.41, 5.74) is 4.45. The first-order valence-electron chi connectivity index (χ1n) is 8.86. The minimum Gasteiger partial charge on any atom is -0.361 e. The second-order valence-corrected chi connectivity index (χ2v) is 7.02. The fraction of sp³-hybridized carbons (Fsp3) is 0.238. The number of nitrogens with one attached hydrogen (secondary N) is 1. The van der Waals surface area contributed by atoms with Crippen LogP contribution in [0.4, 0.5) is 11.4 Å². The Labute approximate surface area is 162 Å². The third-order valence-electron chi connectivity index (χ3n) is 4.28. The highest BCUT2D eigenvalue weighted by Crippen LogP contribution is 2.27. The zero-order chi connectivity index (χ0) is 18.5. The van der Waals surface area contributed by atoms with Crippen molar-refractivity contribution in [1.29, 1.82) is 0 Å². The maximum Gasteiger partial charge on any atom is 0.282 e. The second-order valence-electron chi connectivity index (χ2n) is 6.10. The Kier molecular flexibility index (Phi) is 5.89. The van der Waals surface area contributed by atoms with Gasteiger partial charge in [0.15, 0.2) is 0 Å². The van der Waals surface area contributed by atoms with Gasteiger partial charge >= 0.3 is 0 Å². The van der Waals surface area contributed by atoms with E-state index in [1.165, 1.54) is 10.6 Å². The van der Waals surface area contributed by atoms with E-state index in [0.717, 1.165) is 40.8 Å². The van der Waals surface area contributed by atoms with Crippen LogP contribution in [0.5, 0.6) is 0 Å². The van der Waals surface area contributed by atoms with Crippen LogP contribution < -0.4 is 10.3 Å². The van der Waals surface area contributed by atoms with Crippen LogP contribution in [0, 0.1) is 0 Å². The number of rotatable bonds is 6. The van der Waals surface area contributed by atoms with Gasteiger partial charge in [-0.3, -0.25) is 4.79 Å². The summed E-state index contributed by atoms with van der Waals surface area (Å²) in [6.07, 6.45) is 4.43. The largest absolute Gasteiger partial charge is 0.361 e. The van der Waals surface area contributed by atoms with Gasteiger partial charge in [0.1, 0.15) is 0 Å². The molecule has 0 unspecified atom stereocenters. The van der Waals surface area contributed by atoms with Crippen LogP contribution in [0.15, 0.2) is 69.9 Å². The van der Waals surface area contributed by atoms with Crippen molar-refractivity contribution in [2.24, 2.45) is 5.10 Å². The van der Waals surface area contributed by atoms with Gasteiger partial charge in [-0.15, -0.1) is 0 Å². The molecular weight excluding hydrogens is 390 g/mol. The number of hydrogen-bond donors (Lipinski definition) is 1. The van der Waals surface area contributed by atoms with Gasteiger partial charge in [0, 0.05) is 16.4 Å².